The average molecular weight is 431 g/mol. The van der Waals surface area contributed by atoms with E-state index in [2.05, 4.69) is 0 Å². The van der Waals surface area contributed by atoms with Gasteiger partial charge in [-0.25, -0.2) is 0 Å². The van der Waals surface area contributed by atoms with Crippen molar-refractivity contribution in [2.75, 3.05) is 14.2 Å². The minimum Gasteiger partial charge on any atom is -0.496 e. The predicted molar refractivity (Wildman–Crippen MR) is 113 cm³/mol. The Hall–Kier alpha value is -4.04. The number of ketones is 2. The Bertz CT molecular complexity index is 1300. The summed E-state index contributed by atoms with van der Waals surface area (Å²) in [5.41, 5.74) is 2.28. The number of ether oxygens (including phenoxy) is 3. The average Bonchev–Trinajstić information content (AvgIpc) is 3.62. The number of nitro benzene ring substituents is 1. The first-order valence-electron chi connectivity index (χ1n) is 9.83. The number of fused-ring (bicyclic) bond motifs is 2. The number of carbonyl (C=O) groups is 2. The molecule has 0 aromatic heterocycles. The Morgan fingerprint density at radius 2 is 1.50 bits per heavy atom. The Kier molecular flexibility index (Phi) is 4.53. The lowest BCUT2D eigenvalue weighted by atomic mass is 9.81. The maximum atomic E-state index is 13.4. The quantitative estimate of drug-likeness (QED) is 0.265. The van der Waals surface area contributed by atoms with E-state index in [0.717, 1.165) is 5.56 Å². The minimum absolute atomic E-state index is 0.0123. The van der Waals surface area contributed by atoms with Gasteiger partial charge in [-0.2, -0.15) is 0 Å². The van der Waals surface area contributed by atoms with E-state index in [4.69, 9.17) is 14.2 Å². The first-order chi connectivity index (χ1) is 15.5. The van der Waals surface area contributed by atoms with Crippen LogP contribution in [0.1, 0.15) is 55.2 Å². The predicted octanol–water partition coefficient (Wildman–Crippen LogP) is 4.20. The molecule has 0 saturated carbocycles. The van der Waals surface area contributed by atoms with E-state index < -0.39 is 11.0 Å². The molecule has 5 rings (SSSR count). The molecule has 0 spiro atoms. The van der Waals surface area contributed by atoms with Crippen LogP contribution in [-0.4, -0.2) is 30.7 Å². The smallest absolute Gasteiger partial charge is 0.269 e. The van der Waals surface area contributed by atoms with Gasteiger partial charge in [-0.3, -0.25) is 19.7 Å². The molecule has 1 fully saturated rings. The van der Waals surface area contributed by atoms with Crippen molar-refractivity contribution < 1.29 is 28.7 Å². The normalized spacial score (nSPS) is 18.6. The summed E-state index contributed by atoms with van der Waals surface area (Å²) in [6.07, 6.45) is -0.820. The van der Waals surface area contributed by atoms with Crippen molar-refractivity contribution in [2.45, 2.75) is 12.2 Å². The number of hydrogen-bond acceptors (Lipinski definition) is 7. The molecule has 3 aromatic carbocycles. The van der Waals surface area contributed by atoms with Crippen LogP contribution in [0.3, 0.4) is 0 Å². The van der Waals surface area contributed by atoms with Crippen LogP contribution in [0.5, 0.6) is 11.5 Å². The number of non-ortho nitro benzene ring substituents is 1. The second-order valence-electron chi connectivity index (χ2n) is 7.48. The molecule has 1 saturated heterocycles. The summed E-state index contributed by atoms with van der Waals surface area (Å²) in [5, 5.41) is 10.9. The first kappa shape index (κ1) is 19.9. The van der Waals surface area contributed by atoms with Gasteiger partial charge in [-0.1, -0.05) is 24.3 Å². The third-order valence-electron chi connectivity index (χ3n) is 5.80. The molecular weight excluding hydrogens is 414 g/mol. The zero-order chi connectivity index (χ0) is 22.6. The number of benzene rings is 3. The summed E-state index contributed by atoms with van der Waals surface area (Å²) in [7, 11) is 2.87. The highest BCUT2D eigenvalue weighted by Crippen LogP contribution is 2.56. The van der Waals surface area contributed by atoms with Crippen LogP contribution in [0.2, 0.25) is 0 Å². The fourth-order valence-electron chi connectivity index (χ4n) is 4.23. The second-order valence-corrected chi connectivity index (χ2v) is 7.48. The van der Waals surface area contributed by atoms with E-state index in [9.17, 15) is 19.7 Å². The minimum atomic E-state index is -0.465. The van der Waals surface area contributed by atoms with Gasteiger partial charge >= 0.3 is 0 Å². The molecule has 0 amide bonds. The molecular formula is C24H17NO7. The van der Waals surface area contributed by atoms with E-state index in [0.29, 0.717) is 16.7 Å². The lowest BCUT2D eigenvalue weighted by Crippen LogP contribution is -2.23. The number of nitro groups is 1. The maximum Gasteiger partial charge on any atom is 0.269 e. The lowest BCUT2D eigenvalue weighted by Gasteiger charge is -2.23. The summed E-state index contributed by atoms with van der Waals surface area (Å²) in [5.74, 6) is -0.0927. The van der Waals surface area contributed by atoms with Crippen LogP contribution >= 0.6 is 0 Å². The van der Waals surface area contributed by atoms with Gasteiger partial charge in [-0.15, -0.1) is 0 Å². The van der Waals surface area contributed by atoms with Crippen LogP contribution in [0.25, 0.3) is 0 Å². The van der Waals surface area contributed by atoms with Crippen molar-refractivity contribution in [1.29, 1.82) is 0 Å². The van der Waals surface area contributed by atoms with E-state index in [1.807, 2.05) is 0 Å². The summed E-state index contributed by atoms with van der Waals surface area (Å²) in [6.45, 7) is 0. The molecule has 1 aliphatic carbocycles. The van der Waals surface area contributed by atoms with Gasteiger partial charge in [0, 0.05) is 28.8 Å². The number of rotatable bonds is 5. The summed E-state index contributed by atoms with van der Waals surface area (Å²) in [6, 6.07) is 14.4. The second kappa shape index (κ2) is 7.28. The molecule has 8 nitrogen and oxygen atoms in total. The molecule has 1 heterocycles. The molecule has 160 valence electrons. The molecule has 3 aromatic rings. The van der Waals surface area contributed by atoms with Gasteiger partial charge in [-0.05, 0) is 23.8 Å². The summed E-state index contributed by atoms with van der Waals surface area (Å²) < 4.78 is 17.0. The molecule has 2 aliphatic rings. The van der Waals surface area contributed by atoms with Crippen LogP contribution in [0, 0.1) is 10.1 Å². The number of nitrogens with zero attached hydrogens (tertiary/aromatic N) is 1. The zero-order valence-corrected chi connectivity index (χ0v) is 17.2. The van der Waals surface area contributed by atoms with E-state index >= 15 is 0 Å². The third-order valence-corrected chi connectivity index (χ3v) is 5.80. The van der Waals surface area contributed by atoms with E-state index in [-0.39, 0.29) is 46.0 Å². The standard InChI is InChI=1S/C24H17NO7/c1-30-17-11-16(24-22(32-24)12-7-9-13(10-8-12)25(28)29)23(31-2)19-18(17)20(26)14-5-3-4-6-15(14)21(19)27/h3-11,22,24H,1-2H3. The van der Waals surface area contributed by atoms with Crippen molar-refractivity contribution in [3.05, 3.63) is 98.1 Å². The Morgan fingerprint density at radius 3 is 2.06 bits per heavy atom. The molecule has 0 radical (unpaired) electrons. The molecule has 2 unspecified atom stereocenters. The number of epoxide rings is 1. The van der Waals surface area contributed by atoms with Crippen LogP contribution in [-0.2, 0) is 4.74 Å². The zero-order valence-electron chi connectivity index (χ0n) is 17.2. The van der Waals surface area contributed by atoms with Gasteiger partial charge in [0.05, 0.1) is 30.3 Å². The highest BCUT2D eigenvalue weighted by Gasteiger charge is 2.46. The summed E-state index contributed by atoms with van der Waals surface area (Å²) in [4.78, 5) is 37.0. The first-order valence-corrected chi connectivity index (χ1v) is 9.83. The van der Waals surface area contributed by atoms with E-state index in [1.54, 1.807) is 42.5 Å². The summed E-state index contributed by atoms with van der Waals surface area (Å²) >= 11 is 0. The number of hydrogen-bond donors (Lipinski definition) is 0. The molecule has 8 heteroatoms. The van der Waals surface area contributed by atoms with Crippen LogP contribution in [0.4, 0.5) is 5.69 Å². The number of carbonyl (C=O) groups excluding carboxylic acids is 2. The largest absolute Gasteiger partial charge is 0.496 e. The molecule has 0 N–H and O–H groups in total. The maximum absolute atomic E-state index is 13.4. The van der Waals surface area contributed by atoms with Crippen LogP contribution < -0.4 is 9.47 Å². The van der Waals surface area contributed by atoms with Gasteiger partial charge in [0.2, 0.25) is 0 Å². The van der Waals surface area contributed by atoms with Gasteiger partial charge < -0.3 is 14.2 Å². The highest BCUT2D eigenvalue weighted by atomic mass is 16.6. The van der Waals surface area contributed by atoms with E-state index in [1.165, 1.54) is 26.4 Å². The fourth-order valence-corrected chi connectivity index (χ4v) is 4.23. The molecule has 0 bridgehead atoms. The van der Waals surface area contributed by atoms with Crippen molar-refractivity contribution in [3.63, 3.8) is 0 Å². The number of methoxy groups -OCH3 is 2. The van der Waals surface area contributed by atoms with Crippen molar-refractivity contribution in [3.8, 4) is 11.5 Å². The Morgan fingerprint density at radius 1 is 0.875 bits per heavy atom. The molecule has 2 atom stereocenters. The third kappa shape index (κ3) is 2.88. The lowest BCUT2D eigenvalue weighted by molar-refractivity contribution is -0.384. The Balaban J connectivity index is 1.60. The Labute approximate surface area is 182 Å². The van der Waals surface area contributed by atoms with Gasteiger partial charge in [0.1, 0.15) is 23.7 Å². The molecule has 1 aliphatic heterocycles. The van der Waals surface area contributed by atoms with Crippen molar-refractivity contribution in [2.24, 2.45) is 0 Å². The van der Waals surface area contributed by atoms with Gasteiger partial charge in [0.25, 0.3) is 5.69 Å². The van der Waals surface area contributed by atoms with Gasteiger partial charge in [0.15, 0.2) is 11.6 Å². The SMILES string of the molecule is COc1cc(C2OC2c2ccc([N+](=O)[O-])cc2)c(OC)c2c1C(=O)c1ccccc1C2=O. The highest BCUT2D eigenvalue weighted by molar-refractivity contribution is 6.30. The molecule has 32 heavy (non-hydrogen) atoms. The topological polar surface area (TPSA) is 108 Å². The fraction of sp³-hybridized carbons (Fsp3) is 0.167. The van der Waals surface area contributed by atoms with Crippen molar-refractivity contribution >= 4 is 17.3 Å². The monoisotopic (exact) mass is 431 g/mol. The van der Waals surface area contributed by atoms with Crippen molar-refractivity contribution in [1.82, 2.24) is 0 Å². The van der Waals surface area contributed by atoms with Crippen LogP contribution in [0.15, 0.2) is 54.6 Å².